The van der Waals surface area contributed by atoms with Crippen molar-refractivity contribution in [2.24, 2.45) is 5.92 Å². The highest BCUT2D eigenvalue weighted by molar-refractivity contribution is 9.10. The predicted molar refractivity (Wildman–Crippen MR) is 88.1 cm³/mol. The molecule has 0 spiro atoms. The Morgan fingerprint density at radius 3 is 2.43 bits per heavy atom. The smallest absolute Gasteiger partial charge is 0.238 e. The molecule has 5 nitrogen and oxygen atoms in total. The molecule has 0 fully saturated rings. The summed E-state index contributed by atoms with van der Waals surface area (Å²) in [4.78, 5) is 23.1. The number of carbonyl (C=O) groups excluding carboxylic acids is 2. The minimum absolute atomic E-state index is 0.00418. The van der Waals surface area contributed by atoms with Gasteiger partial charge >= 0.3 is 0 Å². The topological polar surface area (TPSA) is 70.2 Å². The lowest BCUT2D eigenvalue weighted by atomic mass is 10.2. The monoisotopic (exact) mass is 355 g/mol. The van der Waals surface area contributed by atoms with E-state index in [9.17, 15) is 9.59 Å². The highest BCUT2D eigenvalue weighted by Crippen LogP contribution is 2.13. The molecule has 1 aromatic rings. The zero-order chi connectivity index (χ0) is 15.7. The molecular formula is C15H22BrN3O2. The fourth-order valence-corrected chi connectivity index (χ4v) is 1.81. The van der Waals surface area contributed by atoms with Crippen LogP contribution in [0.1, 0.15) is 20.3 Å². The molecule has 21 heavy (non-hydrogen) atoms. The van der Waals surface area contributed by atoms with Crippen LogP contribution in [-0.4, -0.2) is 31.4 Å². The molecule has 0 aliphatic carbocycles. The van der Waals surface area contributed by atoms with Crippen LogP contribution in [0.15, 0.2) is 28.7 Å². The van der Waals surface area contributed by atoms with Crippen LogP contribution in [0.5, 0.6) is 0 Å². The van der Waals surface area contributed by atoms with Crippen molar-refractivity contribution in [1.29, 1.82) is 0 Å². The molecule has 0 bridgehead atoms. The molecule has 1 aromatic carbocycles. The molecule has 0 aliphatic heterocycles. The Kier molecular flexibility index (Phi) is 8.00. The fraction of sp³-hybridized carbons (Fsp3) is 0.467. The Labute approximate surface area is 134 Å². The third-order valence-corrected chi connectivity index (χ3v) is 3.18. The summed E-state index contributed by atoms with van der Waals surface area (Å²) in [5, 5.41) is 8.56. The summed E-state index contributed by atoms with van der Waals surface area (Å²) < 4.78 is 0.964. The lowest BCUT2D eigenvalue weighted by Gasteiger charge is -2.09. The fourth-order valence-electron chi connectivity index (χ4n) is 1.55. The van der Waals surface area contributed by atoms with Gasteiger partial charge in [0.1, 0.15) is 0 Å². The summed E-state index contributed by atoms with van der Waals surface area (Å²) in [7, 11) is 0. The molecule has 0 heterocycles. The number of hydrogen-bond donors (Lipinski definition) is 3. The Morgan fingerprint density at radius 2 is 1.81 bits per heavy atom. The Morgan fingerprint density at radius 1 is 1.14 bits per heavy atom. The van der Waals surface area contributed by atoms with Crippen LogP contribution >= 0.6 is 15.9 Å². The second-order valence-electron chi connectivity index (χ2n) is 5.18. The van der Waals surface area contributed by atoms with E-state index in [1.54, 1.807) is 0 Å². The van der Waals surface area contributed by atoms with Gasteiger partial charge in [0.05, 0.1) is 6.54 Å². The molecule has 0 saturated heterocycles. The Bertz CT molecular complexity index is 460. The SMILES string of the molecule is CC(C)CNC(=O)CCNCC(=O)Nc1ccc(Br)cc1. The number of nitrogens with one attached hydrogen (secondary N) is 3. The number of rotatable bonds is 8. The largest absolute Gasteiger partial charge is 0.356 e. The second kappa shape index (κ2) is 9.52. The van der Waals surface area contributed by atoms with Crippen LogP contribution in [0.2, 0.25) is 0 Å². The van der Waals surface area contributed by atoms with Crippen LogP contribution in [0.25, 0.3) is 0 Å². The van der Waals surface area contributed by atoms with Gasteiger partial charge in [-0.05, 0) is 30.2 Å². The van der Waals surface area contributed by atoms with E-state index in [0.29, 0.717) is 25.4 Å². The number of carbonyl (C=O) groups is 2. The summed E-state index contributed by atoms with van der Waals surface area (Å²) in [5.41, 5.74) is 0.750. The molecule has 0 unspecified atom stereocenters. The van der Waals surface area contributed by atoms with Gasteiger partial charge in [0.15, 0.2) is 0 Å². The quantitative estimate of drug-likeness (QED) is 0.625. The van der Waals surface area contributed by atoms with Crippen molar-refractivity contribution < 1.29 is 9.59 Å². The van der Waals surface area contributed by atoms with Gasteiger partial charge in [-0.1, -0.05) is 29.8 Å². The van der Waals surface area contributed by atoms with Crippen molar-refractivity contribution in [1.82, 2.24) is 10.6 Å². The van der Waals surface area contributed by atoms with E-state index in [4.69, 9.17) is 0 Å². The summed E-state index contributed by atoms with van der Waals surface area (Å²) >= 11 is 3.34. The average molecular weight is 356 g/mol. The summed E-state index contributed by atoms with van der Waals surface area (Å²) in [6, 6.07) is 7.37. The van der Waals surface area contributed by atoms with Crippen LogP contribution in [-0.2, 0) is 9.59 Å². The zero-order valence-electron chi connectivity index (χ0n) is 12.4. The number of amides is 2. The molecule has 1 rings (SSSR count). The summed E-state index contributed by atoms with van der Waals surface area (Å²) in [6.07, 6.45) is 0.373. The Hall–Kier alpha value is -1.40. The Balaban J connectivity index is 2.13. The molecule has 0 atom stereocenters. The maximum Gasteiger partial charge on any atom is 0.238 e. The van der Waals surface area contributed by atoms with E-state index in [2.05, 4.69) is 31.9 Å². The highest BCUT2D eigenvalue weighted by Gasteiger charge is 2.04. The first-order valence-electron chi connectivity index (χ1n) is 7.00. The number of benzene rings is 1. The average Bonchev–Trinajstić information content (AvgIpc) is 2.44. The molecule has 0 radical (unpaired) electrons. The van der Waals surface area contributed by atoms with Crippen molar-refractivity contribution in [2.75, 3.05) is 25.0 Å². The molecule has 0 saturated carbocycles. The van der Waals surface area contributed by atoms with Gasteiger partial charge in [0.25, 0.3) is 0 Å². The number of halogens is 1. The van der Waals surface area contributed by atoms with E-state index in [1.807, 2.05) is 38.1 Å². The van der Waals surface area contributed by atoms with Crippen LogP contribution < -0.4 is 16.0 Å². The molecular weight excluding hydrogens is 334 g/mol. The van der Waals surface area contributed by atoms with Crippen molar-refractivity contribution in [3.05, 3.63) is 28.7 Å². The lowest BCUT2D eigenvalue weighted by Crippen LogP contribution is -2.33. The van der Waals surface area contributed by atoms with E-state index >= 15 is 0 Å². The van der Waals surface area contributed by atoms with Gasteiger partial charge in [0, 0.05) is 29.7 Å². The third-order valence-electron chi connectivity index (χ3n) is 2.65. The van der Waals surface area contributed by atoms with E-state index in [0.717, 1.165) is 10.2 Å². The summed E-state index contributed by atoms with van der Waals surface area (Å²) in [5.74, 6) is 0.322. The van der Waals surface area contributed by atoms with Crippen molar-refractivity contribution in [3.8, 4) is 0 Å². The van der Waals surface area contributed by atoms with Gasteiger partial charge in [0.2, 0.25) is 11.8 Å². The van der Waals surface area contributed by atoms with Gasteiger partial charge < -0.3 is 16.0 Å². The van der Waals surface area contributed by atoms with Crippen LogP contribution in [0, 0.1) is 5.92 Å². The van der Waals surface area contributed by atoms with Crippen LogP contribution in [0.3, 0.4) is 0 Å². The molecule has 116 valence electrons. The standard InChI is InChI=1S/C15H22BrN3O2/c1-11(2)9-18-14(20)7-8-17-10-15(21)19-13-5-3-12(16)4-6-13/h3-6,11,17H,7-10H2,1-2H3,(H,18,20)(H,19,21). The molecule has 0 aromatic heterocycles. The lowest BCUT2D eigenvalue weighted by molar-refractivity contribution is -0.121. The second-order valence-corrected chi connectivity index (χ2v) is 6.10. The molecule has 0 aliphatic rings. The maximum absolute atomic E-state index is 11.7. The van der Waals surface area contributed by atoms with E-state index in [-0.39, 0.29) is 18.4 Å². The predicted octanol–water partition coefficient (Wildman–Crippen LogP) is 2.14. The number of anilines is 1. The van der Waals surface area contributed by atoms with E-state index < -0.39 is 0 Å². The maximum atomic E-state index is 11.7. The van der Waals surface area contributed by atoms with Crippen molar-refractivity contribution in [2.45, 2.75) is 20.3 Å². The minimum Gasteiger partial charge on any atom is -0.356 e. The van der Waals surface area contributed by atoms with Gasteiger partial charge in [-0.2, -0.15) is 0 Å². The van der Waals surface area contributed by atoms with Gasteiger partial charge in [-0.25, -0.2) is 0 Å². The minimum atomic E-state index is -0.125. The first kappa shape index (κ1) is 17.7. The normalized spacial score (nSPS) is 10.5. The highest BCUT2D eigenvalue weighted by atomic mass is 79.9. The van der Waals surface area contributed by atoms with Crippen LogP contribution in [0.4, 0.5) is 5.69 Å². The first-order chi connectivity index (χ1) is 9.97. The molecule has 2 amide bonds. The number of hydrogen-bond acceptors (Lipinski definition) is 3. The third kappa shape index (κ3) is 8.47. The van der Waals surface area contributed by atoms with Gasteiger partial charge in [-0.3, -0.25) is 9.59 Å². The zero-order valence-corrected chi connectivity index (χ0v) is 14.0. The summed E-state index contributed by atoms with van der Waals surface area (Å²) in [6.45, 7) is 5.45. The van der Waals surface area contributed by atoms with Crippen molar-refractivity contribution >= 4 is 33.4 Å². The van der Waals surface area contributed by atoms with Crippen molar-refractivity contribution in [3.63, 3.8) is 0 Å². The molecule has 6 heteroatoms. The molecule has 3 N–H and O–H groups in total. The van der Waals surface area contributed by atoms with E-state index in [1.165, 1.54) is 0 Å². The van der Waals surface area contributed by atoms with Gasteiger partial charge in [-0.15, -0.1) is 0 Å². The first-order valence-corrected chi connectivity index (χ1v) is 7.79.